The summed E-state index contributed by atoms with van der Waals surface area (Å²) in [7, 11) is -3.57. The van der Waals surface area contributed by atoms with Crippen LogP contribution >= 0.6 is 11.3 Å². The topological polar surface area (TPSA) is 105 Å². The fraction of sp³-hybridized carbons (Fsp3) is 0.222. The smallest absolute Gasteiger partial charge is 0.277 e. The lowest BCUT2D eigenvalue weighted by molar-refractivity contribution is 0.102. The minimum Gasteiger partial charge on any atom is -0.296 e. The lowest BCUT2D eigenvalue weighted by Gasteiger charge is -2.25. The third-order valence-electron chi connectivity index (χ3n) is 4.37. The SMILES string of the molecule is Cc1ccc(S(=O)(=O)N2CCc3nc(NC(=O)c4cnccn4)sc3C2)cc1. The highest BCUT2D eigenvalue weighted by Gasteiger charge is 2.30. The first-order chi connectivity index (χ1) is 13.4. The van der Waals surface area contributed by atoms with E-state index >= 15 is 0 Å². The molecular weight excluding hydrogens is 398 g/mol. The Kier molecular flexibility index (Phi) is 4.92. The van der Waals surface area contributed by atoms with Crippen LogP contribution in [0.4, 0.5) is 5.13 Å². The number of anilines is 1. The molecular formula is C18H17N5O3S2. The molecule has 1 amide bonds. The minimum atomic E-state index is -3.57. The van der Waals surface area contributed by atoms with Crippen LogP contribution in [0.2, 0.25) is 0 Å². The zero-order valence-corrected chi connectivity index (χ0v) is 16.6. The van der Waals surface area contributed by atoms with E-state index in [1.54, 1.807) is 24.3 Å². The summed E-state index contributed by atoms with van der Waals surface area (Å²) in [6.45, 7) is 2.51. The van der Waals surface area contributed by atoms with Crippen molar-refractivity contribution >= 4 is 32.4 Å². The van der Waals surface area contributed by atoms with Crippen LogP contribution in [0.3, 0.4) is 0 Å². The van der Waals surface area contributed by atoms with Crippen LogP contribution < -0.4 is 5.32 Å². The summed E-state index contributed by atoms with van der Waals surface area (Å²) in [6, 6.07) is 6.82. The number of aromatic nitrogens is 3. The number of hydrogen-bond donors (Lipinski definition) is 1. The Labute approximate surface area is 166 Å². The van der Waals surface area contributed by atoms with Gasteiger partial charge in [-0.1, -0.05) is 17.7 Å². The lowest BCUT2D eigenvalue weighted by Crippen LogP contribution is -2.35. The van der Waals surface area contributed by atoms with Crippen molar-refractivity contribution < 1.29 is 13.2 Å². The number of carbonyl (C=O) groups is 1. The van der Waals surface area contributed by atoms with Crippen LogP contribution in [0.5, 0.6) is 0 Å². The Hall–Kier alpha value is -2.69. The Morgan fingerprint density at radius 2 is 2.00 bits per heavy atom. The second-order valence-electron chi connectivity index (χ2n) is 6.34. The second-order valence-corrected chi connectivity index (χ2v) is 9.36. The van der Waals surface area contributed by atoms with Crippen LogP contribution in [-0.2, 0) is 23.0 Å². The molecule has 10 heteroatoms. The number of benzene rings is 1. The van der Waals surface area contributed by atoms with Crippen molar-refractivity contribution in [3.8, 4) is 0 Å². The number of amides is 1. The number of thiazole rings is 1. The molecule has 1 aliphatic rings. The van der Waals surface area contributed by atoms with E-state index in [9.17, 15) is 13.2 Å². The van der Waals surface area contributed by atoms with Gasteiger partial charge in [0.15, 0.2) is 5.13 Å². The van der Waals surface area contributed by atoms with Gasteiger partial charge < -0.3 is 0 Å². The molecule has 1 aromatic carbocycles. The number of carbonyl (C=O) groups excluding carboxylic acids is 1. The second kappa shape index (κ2) is 7.38. The number of hydrogen-bond acceptors (Lipinski definition) is 7. The normalized spacial score (nSPS) is 14.5. The predicted molar refractivity (Wildman–Crippen MR) is 105 cm³/mol. The zero-order valence-electron chi connectivity index (χ0n) is 15.0. The van der Waals surface area contributed by atoms with Crippen molar-refractivity contribution in [2.45, 2.75) is 24.8 Å². The number of fused-ring (bicyclic) bond motifs is 1. The quantitative estimate of drug-likeness (QED) is 0.701. The zero-order chi connectivity index (χ0) is 19.7. The summed E-state index contributed by atoms with van der Waals surface area (Å²) in [6.07, 6.45) is 4.80. The summed E-state index contributed by atoms with van der Waals surface area (Å²) in [4.78, 5) is 25.6. The van der Waals surface area contributed by atoms with Gasteiger partial charge in [0.25, 0.3) is 5.91 Å². The van der Waals surface area contributed by atoms with Gasteiger partial charge in [-0.2, -0.15) is 4.31 Å². The number of aryl methyl sites for hydroxylation is 1. The highest BCUT2D eigenvalue weighted by atomic mass is 32.2. The summed E-state index contributed by atoms with van der Waals surface area (Å²) in [5.41, 5.74) is 2.01. The maximum atomic E-state index is 12.9. The first-order valence-corrected chi connectivity index (χ1v) is 10.8. The van der Waals surface area contributed by atoms with Gasteiger partial charge in [0.1, 0.15) is 5.69 Å². The summed E-state index contributed by atoms with van der Waals surface area (Å²) < 4.78 is 27.3. The van der Waals surface area contributed by atoms with Gasteiger partial charge in [-0.25, -0.2) is 18.4 Å². The highest BCUT2D eigenvalue weighted by Crippen LogP contribution is 2.31. The van der Waals surface area contributed by atoms with E-state index in [0.717, 1.165) is 16.1 Å². The molecule has 144 valence electrons. The van der Waals surface area contributed by atoms with Crippen molar-refractivity contribution in [3.63, 3.8) is 0 Å². The van der Waals surface area contributed by atoms with E-state index in [1.165, 1.54) is 34.2 Å². The monoisotopic (exact) mass is 415 g/mol. The van der Waals surface area contributed by atoms with Gasteiger partial charge in [-0.05, 0) is 19.1 Å². The Bertz CT molecular complexity index is 1110. The van der Waals surface area contributed by atoms with Gasteiger partial charge in [0.05, 0.1) is 23.3 Å². The number of nitrogens with zero attached hydrogens (tertiary/aromatic N) is 4. The molecule has 3 heterocycles. The molecule has 28 heavy (non-hydrogen) atoms. The first kappa shape index (κ1) is 18.7. The van der Waals surface area contributed by atoms with Gasteiger partial charge in [-0.15, -0.1) is 11.3 Å². The fourth-order valence-corrected chi connectivity index (χ4v) is 5.38. The van der Waals surface area contributed by atoms with Crippen LogP contribution in [0.1, 0.15) is 26.6 Å². The number of nitrogens with one attached hydrogen (secondary N) is 1. The molecule has 0 saturated heterocycles. The van der Waals surface area contributed by atoms with Crippen LogP contribution in [0.15, 0.2) is 47.8 Å². The van der Waals surface area contributed by atoms with E-state index in [1.807, 2.05) is 6.92 Å². The molecule has 8 nitrogen and oxygen atoms in total. The molecule has 0 aliphatic carbocycles. The van der Waals surface area contributed by atoms with Crippen molar-refractivity contribution in [1.82, 2.24) is 19.3 Å². The van der Waals surface area contributed by atoms with Crippen LogP contribution in [0.25, 0.3) is 0 Å². The molecule has 0 unspecified atom stereocenters. The van der Waals surface area contributed by atoms with Crippen LogP contribution in [0, 0.1) is 6.92 Å². The van der Waals surface area contributed by atoms with Gasteiger partial charge in [0, 0.05) is 30.2 Å². The maximum absolute atomic E-state index is 12.9. The average Bonchev–Trinajstić information content (AvgIpc) is 3.10. The minimum absolute atomic E-state index is 0.194. The van der Waals surface area contributed by atoms with Crippen LogP contribution in [-0.4, -0.2) is 40.1 Å². The van der Waals surface area contributed by atoms with Crippen molar-refractivity contribution in [2.24, 2.45) is 0 Å². The largest absolute Gasteiger partial charge is 0.296 e. The molecule has 0 saturated carbocycles. The number of sulfonamides is 1. The van der Waals surface area contributed by atoms with E-state index in [4.69, 9.17) is 0 Å². The lowest BCUT2D eigenvalue weighted by atomic mass is 10.2. The molecule has 1 aliphatic heterocycles. The van der Waals surface area contributed by atoms with E-state index in [2.05, 4.69) is 20.3 Å². The Balaban J connectivity index is 1.52. The van der Waals surface area contributed by atoms with E-state index in [-0.39, 0.29) is 17.1 Å². The Morgan fingerprint density at radius 3 is 2.71 bits per heavy atom. The van der Waals surface area contributed by atoms with Crippen molar-refractivity contribution in [1.29, 1.82) is 0 Å². The number of rotatable bonds is 4. The average molecular weight is 416 g/mol. The Morgan fingerprint density at radius 1 is 1.21 bits per heavy atom. The van der Waals surface area contributed by atoms with E-state index < -0.39 is 15.9 Å². The fourth-order valence-electron chi connectivity index (χ4n) is 2.87. The summed E-state index contributed by atoms with van der Waals surface area (Å²) in [5.74, 6) is -0.400. The van der Waals surface area contributed by atoms with Gasteiger partial charge in [0.2, 0.25) is 10.0 Å². The molecule has 0 spiro atoms. The third kappa shape index (κ3) is 3.66. The molecule has 1 N–H and O–H groups in total. The maximum Gasteiger partial charge on any atom is 0.277 e. The molecule has 4 rings (SSSR count). The van der Waals surface area contributed by atoms with Gasteiger partial charge in [-0.3, -0.25) is 15.1 Å². The molecule has 0 atom stereocenters. The molecule has 2 aromatic heterocycles. The summed E-state index contributed by atoms with van der Waals surface area (Å²) >= 11 is 1.28. The predicted octanol–water partition coefficient (Wildman–Crippen LogP) is 2.24. The van der Waals surface area contributed by atoms with Crippen molar-refractivity contribution in [3.05, 3.63) is 64.7 Å². The van der Waals surface area contributed by atoms with Gasteiger partial charge >= 0.3 is 0 Å². The first-order valence-electron chi connectivity index (χ1n) is 8.56. The third-order valence-corrected chi connectivity index (χ3v) is 7.23. The standard InChI is InChI=1S/C18H17N5O3S2/c1-12-2-4-13(5-3-12)28(25,26)23-9-6-14-16(11-23)27-18(21-14)22-17(24)15-10-19-7-8-20-15/h2-5,7-8,10H,6,9,11H2,1H3,(H,21,22,24). The highest BCUT2D eigenvalue weighted by molar-refractivity contribution is 7.89. The molecule has 0 bridgehead atoms. The molecule has 3 aromatic rings. The summed E-state index contributed by atoms with van der Waals surface area (Å²) in [5, 5.41) is 3.13. The van der Waals surface area contributed by atoms with Crippen molar-refractivity contribution in [2.75, 3.05) is 11.9 Å². The molecule has 0 radical (unpaired) electrons. The molecule has 0 fully saturated rings. The van der Waals surface area contributed by atoms with E-state index in [0.29, 0.717) is 18.1 Å².